The Morgan fingerprint density at radius 3 is 2.70 bits per heavy atom. The summed E-state index contributed by atoms with van der Waals surface area (Å²) < 4.78 is 10.1. The standard InChI is InChI=1S/C16H21NO4S2/c1-20-13-4-2-12(3-5-13)9-17-15(18)10-21-16(19)8-14-11-22-6-7-23-14/h2-5,14H,6-11H2,1H3,(H,17,18)/t14-/m1/s1. The average Bonchev–Trinajstić information content (AvgIpc) is 2.59. The minimum Gasteiger partial charge on any atom is -0.497 e. The van der Waals surface area contributed by atoms with Crippen LogP contribution in [0, 0.1) is 0 Å². The van der Waals surface area contributed by atoms with Gasteiger partial charge in [0.2, 0.25) is 0 Å². The van der Waals surface area contributed by atoms with Crippen LogP contribution < -0.4 is 10.1 Å². The van der Waals surface area contributed by atoms with Crippen LogP contribution in [0.5, 0.6) is 5.75 Å². The number of thioether (sulfide) groups is 2. The molecule has 1 fully saturated rings. The molecule has 0 aliphatic carbocycles. The topological polar surface area (TPSA) is 64.6 Å². The molecule has 126 valence electrons. The van der Waals surface area contributed by atoms with E-state index in [0.29, 0.717) is 18.2 Å². The van der Waals surface area contributed by atoms with Crippen molar-refractivity contribution in [3.8, 4) is 5.75 Å². The highest BCUT2D eigenvalue weighted by Gasteiger charge is 2.19. The first kappa shape index (κ1) is 18.0. The lowest BCUT2D eigenvalue weighted by molar-refractivity contribution is -0.148. The lowest BCUT2D eigenvalue weighted by Gasteiger charge is -2.19. The van der Waals surface area contributed by atoms with Crippen LogP contribution in [-0.4, -0.2) is 48.1 Å². The van der Waals surface area contributed by atoms with Gasteiger partial charge < -0.3 is 14.8 Å². The first-order valence-electron chi connectivity index (χ1n) is 7.42. The predicted molar refractivity (Wildman–Crippen MR) is 94.0 cm³/mol. The van der Waals surface area contributed by atoms with Crippen LogP contribution in [-0.2, 0) is 20.9 Å². The van der Waals surface area contributed by atoms with E-state index in [1.807, 2.05) is 36.0 Å². The van der Waals surface area contributed by atoms with Crippen molar-refractivity contribution in [2.75, 3.05) is 31.0 Å². The minimum absolute atomic E-state index is 0.223. The lowest BCUT2D eigenvalue weighted by Crippen LogP contribution is -2.29. The highest BCUT2D eigenvalue weighted by atomic mass is 32.2. The third-order valence-electron chi connectivity index (χ3n) is 3.29. The Morgan fingerprint density at radius 1 is 1.26 bits per heavy atom. The number of hydrogen-bond acceptors (Lipinski definition) is 6. The molecule has 7 heteroatoms. The quantitative estimate of drug-likeness (QED) is 0.756. The Bertz CT molecular complexity index is 515. The van der Waals surface area contributed by atoms with Gasteiger partial charge in [-0.05, 0) is 17.7 Å². The van der Waals surface area contributed by atoms with Gasteiger partial charge in [-0.1, -0.05) is 12.1 Å². The summed E-state index contributed by atoms with van der Waals surface area (Å²) in [6.45, 7) is 0.176. The maximum absolute atomic E-state index is 11.7. The number of ether oxygens (including phenoxy) is 2. The molecule has 0 unspecified atom stereocenters. The zero-order valence-corrected chi connectivity index (χ0v) is 14.7. The highest BCUT2D eigenvalue weighted by molar-refractivity contribution is 8.06. The van der Waals surface area contributed by atoms with E-state index in [1.165, 1.54) is 0 Å². The molecule has 2 rings (SSSR count). The molecular weight excluding hydrogens is 334 g/mol. The van der Waals surface area contributed by atoms with Crippen LogP contribution in [0.2, 0.25) is 0 Å². The van der Waals surface area contributed by atoms with Gasteiger partial charge in [-0.15, -0.1) is 0 Å². The molecule has 23 heavy (non-hydrogen) atoms. The number of amides is 1. The van der Waals surface area contributed by atoms with Crippen LogP contribution >= 0.6 is 23.5 Å². The van der Waals surface area contributed by atoms with Crippen molar-refractivity contribution in [1.29, 1.82) is 0 Å². The lowest BCUT2D eigenvalue weighted by atomic mass is 10.2. The van der Waals surface area contributed by atoms with Gasteiger partial charge in [0.05, 0.1) is 13.5 Å². The predicted octanol–water partition coefficient (Wildman–Crippen LogP) is 2.09. The van der Waals surface area contributed by atoms with Crippen LogP contribution in [0.15, 0.2) is 24.3 Å². The van der Waals surface area contributed by atoms with Crippen molar-refractivity contribution < 1.29 is 19.1 Å². The Hall–Kier alpha value is -1.34. The number of carbonyl (C=O) groups excluding carboxylic acids is 2. The highest BCUT2D eigenvalue weighted by Crippen LogP contribution is 2.26. The molecule has 1 aromatic rings. The summed E-state index contributed by atoms with van der Waals surface area (Å²) >= 11 is 3.66. The summed E-state index contributed by atoms with van der Waals surface area (Å²) in [6, 6.07) is 7.43. The maximum atomic E-state index is 11.7. The zero-order valence-electron chi connectivity index (χ0n) is 13.1. The van der Waals surface area contributed by atoms with Crippen molar-refractivity contribution in [2.45, 2.75) is 18.2 Å². The molecule has 5 nitrogen and oxygen atoms in total. The fourth-order valence-electron chi connectivity index (χ4n) is 2.04. The molecule has 0 radical (unpaired) electrons. The molecule has 0 saturated carbocycles. The van der Waals surface area contributed by atoms with Crippen LogP contribution in [0.1, 0.15) is 12.0 Å². The monoisotopic (exact) mass is 355 g/mol. The van der Waals surface area contributed by atoms with Crippen LogP contribution in [0.25, 0.3) is 0 Å². The maximum Gasteiger partial charge on any atom is 0.307 e. The van der Waals surface area contributed by atoms with Crippen molar-refractivity contribution in [2.24, 2.45) is 0 Å². The van der Waals surface area contributed by atoms with E-state index in [1.54, 1.807) is 18.9 Å². The fraction of sp³-hybridized carbons (Fsp3) is 0.500. The average molecular weight is 355 g/mol. The van der Waals surface area contributed by atoms with Crippen LogP contribution in [0.3, 0.4) is 0 Å². The van der Waals surface area contributed by atoms with E-state index < -0.39 is 0 Å². The summed E-state index contributed by atoms with van der Waals surface area (Å²) in [5.41, 5.74) is 0.959. The van der Waals surface area contributed by atoms with Gasteiger partial charge in [0, 0.05) is 29.1 Å². The number of nitrogens with one attached hydrogen (secondary N) is 1. The number of rotatable bonds is 7. The van der Waals surface area contributed by atoms with Gasteiger partial charge >= 0.3 is 5.97 Å². The van der Waals surface area contributed by atoms with E-state index in [2.05, 4.69) is 5.32 Å². The third kappa shape index (κ3) is 6.74. The summed E-state index contributed by atoms with van der Waals surface area (Å²) in [7, 11) is 1.61. The molecule has 1 N–H and O–H groups in total. The summed E-state index contributed by atoms with van der Waals surface area (Å²) in [6.07, 6.45) is 0.378. The van der Waals surface area contributed by atoms with Crippen LogP contribution in [0.4, 0.5) is 0 Å². The molecule has 1 aromatic carbocycles. The van der Waals surface area contributed by atoms with Gasteiger partial charge in [0.25, 0.3) is 5.91 Å². The number of benzene rings is 1. The van der Waals surface area contributed by atoms with E-state index in [9.17, 15) is 9.59 Å². The van der Waals surface area contributed by atoms with E-state index in [0.717, 1.165) is 28.6 Å². The van der Waals surface area contributed by atoms with Crippen molar-refractivity contribution in [1.82, 2.24) is 5.32 Å². The summed E-state index contributed by atoms with van der Waals surface area (Å²) in [4.78, 5) is 23.4. The minimum atomic E-state index is -0.301. The van der Waals surface area contributed by atoms with Gasteiger partial charge in [-0.3, -0.25) is 9.59 Å². The van der Waals surface area contributed by atoms with Crippen molar-refractivity contribution in [3.05, 3.63) is 29.8 Å². The molecule has 1 aliphatic rings. The van der Waals surface area contributed by atoms with E-state index in [4.69, 9.17) is 9.47 Å². The SMILES string of the molecule is COc1ccc(CNC(=O)COC(=O)C[C@@H]2CSCCS2)cc1. The molecule has 0 bridgehead atoms. The molecular formula is C16H21NO4S2. The molecule has 0 aromatic heterocycles. The third-order valence-corrected chi connectivity index (χ3v) is 6.14. The molecule has 1 atom stereocenters. The molecule has 1 saturated heterocycles. The molecule has 0 spiro atoms. The second-order valence-electron chi connectivity index (χ2n) is 5.06. The summed E-state index contributed by atoms with van der Waals surface area (Å²) in [5, 5.41) is 3.04. The number of hydrogen-bond donors (Lipinski definition) is 1. The Morgan fingerprint density at radius 2 is 2.04 bits per heavy atom. The smallest absolute Gasteiger partial charge is 0.307 e. The van der Waals surface area contributed by atoms with Gasteiger partial charge in [0.1, 0.15) is 5.75 Å². The molecule has 1 amide bonds. The Balaban J connectivity index is 1.62. The number of esters is 1. The zero-order chi connectivity index (χ0) is 16.5. The Labute approximate surface area is 144 Å². The second-order valence-corrected chi connectivity index (χ2v) is 7.62. The van der Waals surface area contributed by atoms with E-state index >= 15 is 0 Å². The number of methoxy groups -OCH3 is 1. The number of carbonyl (C=O) groups is 2. The Kier molecular flexibility index (Phi) is 7.61. The fourth-order valence-corrected chi connectivity index (χ4v) is 4.70. The van der Waals surface area contributed by atoms with Crippen molar-refractivity contribution in [3.63, 3.8) is 0 Å². The molecule has 1 heterocycles. The van der Waals surface area contributed by atoms with Gasteiger partial charge in [-0.2, -0.15) is 23.5 Å². The normalized spacial score (nSPS) is 17.3. The van der Waals surface area contributed by atoms with Crippen molar-refractivity contribution >= 4 is 35.4 Å². The van der Waals surface area contributed by atoms with Gasteiger partial charge in [0.15, 0.2) is 6.61 Å². The first-order valence-corrected chi connectivity index (χ1v) is 9.62. The second kappa shape index (κ2) is 9.72. The first-order chi connectivity index (χ1) is 11.2. The van der Waals surface area contributed by atoms with E-state index in [-0.39, 0.29) is 18.5 Å². The largest absolute Gasteiger partial charge is 0.497 e. The summed E-state index contributed by atoms with van der Waals surface area (Å²) in [5.74, 6) is 3.37. The molecule has 1 aliphatic heterocycles. The van der Waals surface area contributed by atoms with Gasteiger partial charge in [-0.25, -0.2) is 0 Å².